The Hall–Kier alpha value is -1.27. The van der Waals surface area contributed by atoms with E-state index in [1.807, 2.05) is 0 Å². The third-order valence-electron chi connectivity index (χ3n) is 4.73. The van der Waals surface area contributed by atoms with Crippen molar-refractivity contribution in [2.75, 3.05) is 7.05 Å². The minimum Gasteiger partial charge on any atom is -0.405 e. The highest BCUT2D eigenvalue weighted by atomic mass is 19.4. The Bertz CT molecular complexity index is 506. The van der Waals surface area contributed by atoms with Gasteiger partial charge in [-0.1, -0.05) is 18.2 Å². The average molecular weight is 315 g/mol. The van der Waals surface area contributed by atoms with Crippen LogP contribution in [0.3, 0.4) is 0 Å². The molecular formula is C16H20F3NO2. The standard InChI is InChI=1S/C16H20F3NO2/c1-20-12-6-7-13(20)9-14(8-12)21-10-11-4-2-3-5-15(11)22-16(17,18)19/h2-5,12-14H,6-10H2,1H3/t12-,13+,14?. The minimum atomic E-state index is -4.68. The summed E-state index contributed by atoms with van der Waals surface area (Å²) in [6.07, 6.45) is -0.274. The number of para-hydroxylation sites is 1. The molecule has 1 aromatic rings. The van der Waals surface area contributed by atoms with Gasteiger partial charge >= 0.3 is 6.36 Å². The second kappa shape index (κ2) is 6.08. The number of halogens is 3. The molecule has 3 atom stereocenters. The van der Waals surface area contributed by atoms with E-state index in [4.69, 9.17) is 4.74 Å². The van der Waals surface area contributed by atoms with Crippen LogP contribution in [0.15, 0.2) is 24.3 Å². The van der Waals surface area contributed by atoms with Gasteiger partial charge in [-0.2, -0.15) is 0 Å². The van der Waals surface area contributed by atoms with Crippen LogP contribution in [0.4, 0.5) is 13.2 Å². The van der Waals surface area contributed by atoms with E-state index in [1.54, 1.807) is 12.1 Å². The van der Waals surface area contributed by atoms with Crippen LogP contribution in [-0.2, 0) is 11.3 Å². The summed E-state index contributed by atoms with van der Waals surface area (Å²) in [4.78, 5) is 2.40. The maximum atomic E-state index is 12.4. The summed E-state index contributed by atoms with van der Waals surface area (Å²) >= 11 is 0. The summed E-state index contributed by atoms with van der Waals surface area (Å²) in [5.41, 5.74) is 0.436. The van der Waals surface area contributed by atoms with Gasteiger partial charge in [0.2, 0.25) is 0 Å². The van der Waals surface area contributed by atoms with Crippen molar-refractivity contribution in [1.82, 2.24) is 4.90 Å². The van der Waals surface area contributed by atoms with Gasteiger partial charge < -0.3 is 14.4 Å². The van der Waals surface area contributed by atoms with Gasteiger partial charge in [0, 0.05) is 17.6 Å². The SMILES string of the molecule is CN1[C@@H]2CC[C@H]1CC(OCc1ccccc1OC(F)(F)F)C2. The van der Waals surface area contributed by atoms with Crippen molar-refractivity contribution in [2.45, 2.75) is 56.8 Å². The number of benzene rings is 1. The van der Waals surface area contributed by atoms with Crippen molar-refractivity contribution in [3.63, 3.8) is 0 Å². The molecule has 0 saturated carbocycles. The largest absolute Gasteiger partial charge is 0.573 e. The smallest absolute Gasteiger partial charge is 0.405 e. The van der Waals surface area contributed by atoms with Gasteiger partial charge in [0.15, 0.2) is 0 Å². The first-order valence-electron chi connectivity index (χ1n) is 7.59. The number of ether oxygens (including phenoxy) is 2. The van der Waals surface area contributed by atoms with Gasteiger partial charge in [-0.25, -0.2) is 0 Å². The molecule has 2 heterocycles. The zero-order valence-electron chi connectivity index (χ0n) is 12.5. The third kappa shape index (κ3) is 3.55. The Balaban J connectivity index is 1.60. The molecule has 2 saturated heterocycles. The average Bonchev–Trinajstić information content (AvgIpc) is 2.68. The summed E-state index contributed by atoms with van der Waals surface area (Å²) < 4.78 is 47.1. The lowest BCUT2D eigenvalue weighted by molar-refractivity contribution is -0.275. The van der Waals surface area contributed by atoms with Crippen LogP contribution in [-0.4, -0.2) is 36.5 Å². The van der Waals surface area contributed by atoms with Crippen LogP contribution in [0.1, 0.15) is 31.2 Å². The molecule has 0 spiro atoms. The highest BCUT2D eigenvalue weighted by Crippen LogP contribution is 2.36. The van der Waals surface area contributed by atoms with E-state index in [0.717, 1.165) is 12.8 Å². The fourth-order valence-electron chi connectivity index (χ4n) is 3.55. The van der Waals surface area contributed by atoms with Crippen LogP contribution in [0.5, 0.6) is 5.75 Å². The number of alkyl halides is 3. The molecule has 1 aromatic carbocycles. The Morgan fingerprint density at radius 1 is 1.14 bits per heavy atom. The molecule has 2 aliphatic heterocycles. The number of fused-ring (bicyclic) bond motifs is 2. The number of hydrogen-bond donors (Lipinski definition) is 0. The lowest BCUT2D eigenvalue weighted by Gasteiger charge is -2.36. The van der Waals surface area contributed by atoms with E-state index in [9.17, 15) is 13.2 Å². The Labute approximate surface area is 128 Å². The van der Waals surface area contributed by atoms with E-state index in [2.05, 4.69) is 16.7 Å². The molecule has 6 heteroatoms. The van der Waals surface area contributed by atoms with Crippen LogP contribution in [0, 0.1) is 0 Å². The molecule has 2 aliphatic rings. The third-order valence-corrected chi connectivity index (χ3v) is 4.73. The van der Waals surface area contributed by atoms with Gasteiger partial charge in [0.25, 0.3) is 0 Å². The lowest BCUT2D eigenvalue weighted by atomic mass is 10.0. The molecule has 3 nitrogen and oxygen atoms in total. The summed E-state index contributed by atoms with van der Waals surface area (Å²) in [6.45, 7) is 0.153. The maximum absolute atomic E-state index is 12.4. The van der Waals surface area contributed by atoms with Gasteiger partial charge in [0.1, 0.15) is 5.75 Å². The van der Waals surface area contributed by atoms with Crippen LogP contribution in [0.2, 0.25) is 0 Å². The van der Waals surface area contributed by atoms with Crippen LogP contribution in [0.25, 0.3) is 0 Å². The number of hydrogen-bond acceptors (Lipinski definition) is 3. The molecule has 0 radical (unpaired) electrons. The van der Waals surface area contributed by atoms with Crippen molar-refractivity contribution in [2.24, 2.45) is 0 Å². The predicted octanol–water partition coefficient (Wildman–Crippen LogP) is 3.73. The molecule has 0 N–H and O–H groups in total. The summed E-state index contributed by atoms with van der Waals surface area (Å²) in [6, 6.07) is 7.26. The molecule has 122 valence electrons. The first kappa shape index (κ1) is 15.6. The van der Waals surface area contributed by atoms with Crippen molar-refractivity contribution >= 4 is 0 Å². The highest BCUT2D eigenvalue weighted by molar-refractivity contribution is 5.32. The normalized spacial score (nSPS) is 28.8. The zero-order valence-corrected chi connectivity index (χ0v) is 12.5. The van der Waals surface area contributed by atoms with E-state index < -0.39 is 6.36 Å². The van der Waals surface area contributed by atoms with Crippen LogP contribution >= 0.6 is 0 Å². The second-order valence-corrected chi connectivity index (χ2v) is 6.11. The van der Waals surface area contributed by atoms with Crippen molar-refractivity contribution < 1.29 is 22.6 Å². The molecule has 2 fully saturated rings. The molecule has 1 unspecified atom stereocenters. The summed E-state index contributed by atoms with van der Waals surface area (Å²) in [7, 11) is 2.14. The number of nitrogens with zero attached hydrogens (tertiary/aromatic N) is 1. The monoisotopic (exact) mass is 315 g/mol. The van der Waals surface area contributed by atoms with E-state index in [0.29, 0.717) is 17.6 Å². The summed E-state index contributed by atoms with van der Waals surface area (Å²) in [5.74, 6) is -0.175. The molecule has 0 amide bonds. The molecule has 0 aromatic heterocycles. The fourth-order valence-corrected chi connectivity index (χ4v) is 3.55. The van der Waals surface area contributed by atoms with Gasteiger partial charge in [-0.05, 0) is 38.8 Å². The molecule has 22 heavy (non-hydrogen) atoms. The summed E-state index contributed by atoms with van der Waals surface area (Å²) in [5, 5.41) is 0. The van der Waals surface area contributed by atoms with Crippen molar-refractivity contribution in [1.29, 1.82) is 0 Å². The molecular weight excluding hydrogens is 295 g/mol. The van der Waals surface area contributed by atoms with E-state index in [1.165, 1.54) is 25.0 Å². The van der Waals surface area contributed by atoms with Gasteiger partial charge in [-0.3, -0.25) is 0 Å². The van der Waals surface area contributed by atoms with E-state index >= 15 is 0 Å². The van der Waals surface area contributed by atoms with Crippen molar-refractivity contribution in [3.05, 3.63) is 29.8 Å². The van der Waals surface area contributed by atoms with Crippen molar-refractivity contribution in [3.8, 4) is 5.75 Å². The van der Waals surface area contributed by atoms with Gasteiger partial charge in [-0.15, -0.1) is 13.2 Å². The molecule has 0 aliphatic carbocycles. The first-order valence-corrected chi connectivity index (χ1v) is 7.59. The van der Waals surface area contributed by atoms with Gasteiger partial charge in [0.05, 0.1) is 12.7 Å². The minimum absolute atomic E-state index is 0.118. The molecule has 2 bridgehead atoms. The fraction of sp³-hybridized carbons (Fsp3) is 0.625. The number of rotatable bonds is 4. The first-order chi connectivity index (χ1) is 10.4. The Morgan fingerprint density at radius 3 is 2.41 bits per heavy atom. The zero-order chi connectivity index (χ0) is 15.7. The molecule has 3 rings (SSSR count). The highest BCUT2D eigenvalue weighted by Gasteiger charge is 2.39. The Kier molecular flexibility index (Phi) is 4.32. The quantitative estimate of drug-likeness (QED) is 0.845. The lowest BCUT2D eigenvalue weighted by Crippen LogP contribution is -2.42. The Morgan fingerprint density at radius 2 is 1.77 bits per heavy atom. The number of piperidine rings is 1. The second-order valence-electron chi connectivity index (χ2n) is 6.11. The van der Waals surface area contributed by atoms with Crippen LogP contribution < -0.4 is 4.74 Å². The maximum Gasteiger partial charge on any atom is 0.573 e. The van der Waals surface area contributed by atoms with E-state index in [-0.39, 0.29) is 18.5 Å². The topological polar surface area (TPSA) is 21.7 Å². The predicted molar refractivity (Wildman–Crippen MR) is 75.5 cm³/mol.